The van der Waals surface area contributed by atoms with Crippen LogP contribution in [0.25, 0.3) is 0 Å². The fraction of sp³-hybridized carbons (Fsp3) is 0.125. The van der Waals surface area contributed by atoms with Crippen molar-refractivity contribution in [3.8, 4) is 0 Å². The van der Waals surface area contributed by atoms with Crippen LogP contribution in [-0.2, 0) is 23.3 Å². The first-order valence-electron chi connectivity index (χ1n) is 9.90. The number of hydrogen-bond donors (Lipinski definition) is 3. The first-order chi connectivity index (χ1) is 15.4. The summed E-state index contributed by atoms with van der Waals surface area (Å²) >= 11 is 6.00. The third-order valence-corrected chi connectivity index (χ3v) is 5.74. The van der Waals surface area contributed by atoms with Gasteiger partial charge in [0.2, 0.25) is 0 Å². The minimum Gasteiger partial charge on any atom is -0.319 e. The van der Waals surface area contributed by atoms with Gasteiger partial charge in [-0.15, -0.1) is 0 Å². The van der Waals surface area contributed by atoms with Crippen LogP contribution in [0.3, 0.4) is 0 Å². The highest BCUT2D eigenvalue weighted by atomic mass is 35.5. The Morgan fingerprint density at radius 3 is 2.19 bits per heavy atom. The van der Waals surface area contributed by atoms with E-state index in [1.807, 2.05) is 42.5 Å². The van der Waals surface area contributed by atoms with Crippen molar-refractivity contribution in [2.45, 2.75) is 18.5 Å². The van der Waals surface area contributed by atoms with Gasteiger partial charge in [-0.3, -0.25) is 19.7 Å². The number of rotatable bonds is 6. The molecule has 32 heavy (non-hydrogen) atoms. The van der Waals surface area contributed by atoms with Gasteiger partial charge < -0.3 is 5.32 Å². The molecule has 8 heteroatoms. The second kappa shape index (κ2) is 8.82. The maximum Gasteiger partial charge on any atom is 0.325 e. The zero-order valence-corrected chi connectivity index (χ0v) is 17.7. The van der Waals surface area contributed by atoms with E-state index in [-0.39, 0.29) is 24.4 Å². The number of hydroxylamine groups is 1. The zero-order chi connectivity index (χ0) is 22.7. The van der Waals surface area contributed by atoms with E-state index in [0.29, 0.717) is 16.1 Å². The summed E-state index contributed by atoms with van der Waals surface area (Å²) in [4.78, 5) is 39.3. The Hall–Kier alpha value is -3.68. The van der Waals surface area contributed by atoms with Crippen LogP contribution < -0.4 is 10.8 Å². The predicted molar refractivity (Wildman–Crippen MR) is 118 cm³/mol. The second-order valence-corrected chi connectivity index (χ2v) is 7.97. The van der Waals surface area contributed by atoms with Gasteiger partial charge in [0.15, 0.2) is 5.54 Å². The van der Waals surface area contributed by atoms with Gasteiger partial charge in [-0.25, -0.2) is 10.3 Å². The number of carbonyl (C=O) groups excluding carboxylic acids is 3. The molecule has 4 rings (SSSR count). The van der Waals surface area contributed by atoms with E-state index in [9.17, 15) is 14.4 Å². The first-order valence-corrected chi connectivity index (χ1v) is 10.3. The highest BCUT2D eigenvalue weighted by Crippen LogP contribution is 2.34. The van der Waals surface area contributed by atoms with E-state index in [0.717, 1.165) is 5.56 Å². The van der Waals surface area contributed by atoms with Crippen molar-refractivity contribution in [1.29, 1.82) is 0 Å². The van der Waals surface area contributed by atoms with Gasteiger partial charge in [-0.05, 0) is 41.0 Å². The molecule has 0 saturated carbocycles. The summed E-state index contributed by atoms with van der Waals surface area (Å²) < 4.78 is 0. The normalized spacial score (nSPS) is 17.9. The highest BCUT2D eigenvalue weighted by molar-refractivity contribution is 6.30. The third-order valence-electron chi connectivity index (χ3n) is 5.48. The SMILES string of the molecule is O=C(NO)c1ccc(CN2C(=O)NC(Cc3ccc(Cl)cc3)(c3ccccc3)C2=O)cc1. The average molecular weight is 450 g/mol. The van der Waals surface area contributed by atoms with Gasteiger partial charge in [0, 0.05) is 17.0 Å². The molecule has 1 unspecified atom stereocenters. The molecule has 0 bridgehead atoms. The molecule has 0 aliphatic carbocycles. The van der Waals surface area contributed by atoms with E-state index in [2.05, 4.69) is 5.32 Å². The molecule has 1 atom stereocenters. The summed E-state index contributed by atoms with van der Waals surface area (Å²) in [5.41, 5.74) is 2.79. The number of nitrogens with zero attached hydrogens (tertiary/aromatic N) is 1. The van der Waals surface area contributed by atoms with Crippen molar-refractivity contribution in [1.82, 2.24) is 15.7 Å². The molecule has 3 aromatic carbocycles. The Morgan fingerprint density at radius 1 is 0.938 bits per heavy atom. The number of hydrogen-bond acceptors (Lipinski definition) is 4. The molecule has 0 spiro atoms. The molecule has 3 aromatic rings. The Morgan fingerprint density at radius 2 is 1.56 bits per heavy atom. The van der Waals surface area contributed by atoms with Gasteiger partial charge in [0.05, 0.1) is 6.54 Å². The lowest BCUT2D eigenvalue weighted by molar-refractivity contribution is -0.132. The predicted octanol–water partition coefficient (Wildman–Crippen LogP) is 3.65. The van der Waals surface area contributed by atoms with Gasteiger partial charge in [-0.1, -0.05) is 66.2 Å². The quantitative estimate of drug-likeness (QED) is 0.304. The lowest BCUT2D eigenvalue weighted by atomic mass is 9.83. The standard InChI is InChI=1S/C24H20ClN3O4/c25-20-12-8-16(9-13-20)14-24(19-4-2-1-3-5-19)22(30)28(23(31)26-24)15-17-6-10-18(11-7-17)21(29)27-32/h1-13,32H,14-15H2,(H,26,31)(H,27,29). The van der Waals surface area contributed by atoms with Crippen LogP contribution >= 0.6 is 11.6 Å². The number of halogens is 1. The summed E-state index contributed by atoms with van der Waals surface area (Å²) in [6, 6.07) is 22.1. The van der Waals surface area contributed by atoms with Crippen LogP contribution in [0.4, 0.5) is 4.79 Å². The monoisotopic (exact) mass is 449 g/mol. The van der Waals surface area contributed by atoms with Gasteiger partial charge in [0.1, 0.15) is 0 Å². The van der Waals surface area contributed by atoms with Crippen LogP contribution in [0, 0.1) is 0 Å². The van der Waals surface area contributed by atoms with Gasteiger partial charge >= 0.3 is 6.03 Å². The van der Waals surface area contributed by atoms with Crippen LogP contribution in [0.2, 0.25) is 5.02 Å². The molecular formula is C24H20ClN3O4. The topological polar surface area (TPSA) is 98.7 Å². The molecule has 1 aliphatic heterocycles. The van der Waals surface area contributed by atoms with E-state index in [1.165, 1.54) is 17.0 Å². The average Bonchev–Trinajstić information content (AvgIpc) is 3.06. The van der Waals surface area contributed by atoms with E-state index >= 15 is 0 Å². The largest absolute Gasteiger partial charge is 0.325 e. The Labute approximate surface area is 189 Å². The maximum atomic E-state index is 13.7. The van der Waals surface area contributed by atoms with Crippen LogP contribution in [0.5, 0.6) is 0 Å². The van der Waals surface area contributed by atoms with Gasteiger partial charge in [-0.2, -0.15) is 0 Å². The molecule has 1 fully saturated rings. The zero-order valence-electron chi connectivity index (χ0n) is 16.9. The minimum absolute atomic E-state index is 0.0426. The summed E-state index contributed by atoms with van der Waals surface area (Å²) in [7, 11) is 0. The van der Waals surface area contributed by atoms with Crippen molar-refractivity contribution >= 4 is 29.4 Å². The van der Waals surface area contributed by atoms with Crippen molar-refractivity contribution in [3.05, 3.63) is 106 Å². The molecular weight excluding hydrogens is 430 g/mol. The molecule has 1 saturated heterocycles. The fourth-order valence-corrected chi connectivity index (χ4v) is 3.95. The van der Waals surface area contributed by atoms with Crippen LogP contribution in [0.15, 0.2) is 78.9 Å². The Bertz CT molecular complexity index is 1150. The van der Waals surface area contributed by atoms with Crippen LogP contribution in [-0.4, -0.2) is 28.0 Å². The number of carbonyl (C=O) groups is 3. The van der Waals surface area contributed by atoms with E-state index in [4.69, 9.17) is 16.8 Å². The lowest BCUT2D eigenvalue weighted by Crippen LogP contribution is -2.46. The summed E-state index contributed by atoms with van der Waals surface area (Å²) in [6.07, 6.45) is 0.269. The minimum atomic E-state index is -1.25. The summed E-state index contributed by atoms with van der Waals surface area (Å²) in [5, 5.41) is 12.2. The van der Waals surface area contributed by atoms with Crippen LogP contribution in [0.1, 0.15) is 27.0 Å². The smallest absolute Gasteiger partial charge is 0.319 e. The molecule has 1 aliphatic rings. The lowest BCUT2D eigenvalue weighted by Gasteiger charge is -2.27. The molecule has 4 amide bonds. The molecule has 0 aromatic heterocycles. The molecule has 0 radical (unpaired) electrons. The first kappa shape index (κ1) is 21.5. The number of benzene rings is 3. The van der Waals surface area contributed by atoms with E-state index < -0.39 is 17.5 Å². The maximum absolute atomic E-state index is 13.7. The molecule has 1 heterocycles. The number of amides is 4. The molecule has 162 valence electrons. The molecule has 7 nitrogen and oxygen atoms in total. The third kappa shape index (κ3) is 4.08. The summed E-state index contributed by atoms with van der Waals surface area (Å²) in [6.45, 7) is 0.0426. The van der Waals surface area contributed by atoms with E-state index in [1.54, 1.807) is 29.7 Å². The van der Waals surface area contributed by atoms with Gasteiger partial charge in [0.25, 0.3) is 11.8 Å². The second-order valence-electron chi connectivity index (χ2n) is 7.53. The van der Waals surface area contributed by atoms with Crippen molar-refractivity contribution in [2.24, 2.45) is 0 Å². The number of nitrogens with one attached hydrogen (secondary N) is 2. The Kier molecular flexibility index (Phi) is 5.94. The van der Waals surface area contributed by atoms with Crippen molar-refractivity contribution in [2.75, 3.05) is 0 Å². The van der Waals surface area contributed by atoms with Crippen molar-refractivity contribution in [3.63, 3.8) is 0 Å². The highest BCUT2D eigenvalue weighted by Gasteiger charge is 2.52. The Balaban J connectivity index is 1.65. The summed E-state index contributed by atoms with van der Waals surface area (Å²) in [5.74, 6) is -1.00. The number of imide groups is 1. The fourth-order valence-electron chi connectivity index (χ4n) is 3.83. The molecule has 3 N–H and O–H groups in total. The number of urea groups is 1. The van der Waals surface area contributed by atoms with Crippen molar-refractivity contribution < 1.29 is 19.6 Å².